The van der Waals surface area contributed by atoms with Gasteiger partial charge in [0, 0.05) is 30.3 Å². The van der Waals surface area contributed by atoms with E-state index in [0.29, 0.717) is 36.7 Å². The Morgan fingerprint density at radius 2 is 1.79 bits per heavy atom. The molecule has 29 heavy (non-hydrogen) atoms. The third-order valence-corrected chi connectivity index (χ3v) is 4.14. The molecule has 4 nitrogen and oxygen atoms in total. The van der Waals surface area contributed by atoms with Gasteiger partial charge in [0.25, 0.3) is 0 Å². The fourth-order valence-corrected chi connectivity index (χ4v) is 2.81. The Morgan fingerprint density at radius 1 is 1.07 bits per heavy atom. The summed E-state index contributed by atoms with van der Waals surface area (Å²) in [6, 6.07) is 8.04. The SMILES string of the molecule is CCNC(=NCc1ccc(F)c(CN(C)C)c1)NC(C)c1ccc(F)cc1F.I. The van der Waals surface area contributed by atoms with Crippen LogP contribution in [0.3, 0.4) is 0 Å². The number of guanidine groups is 1. The van der Waals surface area contributed by atoms with Gasteiger partial charge in [-0.3, -0.25) is 0 Å². The number of rotatable bonds is 7. The van der Waals surface area contributed by atoms with Crippen molar-refractivity contribution in [2.45, 2.75) is 33.0 Å². The molecule has 160 valence electrons. The van der Waals surface area contributed by atoms with E-state index in [-0.39, 0.29) is 29.8 Å². The molecule has 0 aromatic heterocycles. The molecule has 0 fully saturated rings. The van der Waals surface area contributed by atoms with Crippen LogP contribution < -0.4 is 10.6 Å². The predicted molar refractivity (Wildman–Crippen MR) is 122 cm³/mol. The van der Waals surface area contributed by atoms with Crippen molar-refractivity contribution in [3.63, 3.8) is 0 Å². The lowest BCUT2D eigenvalue weighted by molar-refractivity contribution is 0.392. The second kappa shape index (κ2) is 12.0. The molecule has 0 bridgehead atoms. The molecule has 1 unspecified atom stereocenters. The second-order valence-electron chi connectivity index (χ2n) is 6.89. The maximum absolute atomic E-state index is 14.0. The number of hydrogen-bond acceptors (Lipinski definition) is 2. The molecular formula is C21H28F3IN4. The number of hydrogen-bond donors (Lipinski definition) is 2. The van der Waals surface area contributed by atoms with Crippen LogP contribution in [-0.2, 0) is 13.1 Å². The summed E-state index contributed by atoms with van der Waals surface area (Å²) >= 11 is 0. The van der Waals surface area contributed by atoms with Crippen LogP contribution in [-0.4, -0.2) is 31.5 Å². The maximum atomic E-state index is 14.0. The lowest BCUT2D eigenvalue weighted by Gasteiger charge is -2.19. The molecule has 2 aromatic carbocycles. The molecule has 0 spiro atoms. The summed E-state index contributed by atoms with van der Waals surface area (Å²) < 4.78 is 41.0. The van der Waals surface area contributed by atoms with Gasteiger partial charge in [-0.15, -0.1) is 24.0 Å². The third-order valence-electron chi connectivity index (χ3n) is 4.14. The maximum Gasteiger partial charge on any atom is 0.192 e. The minimum atomic E-state index is -0.612. The van der Waals surface area contributed by atoms with Gasteiger partial charge in [0.2, 0.25) is 0 Å². The third kappa shape index (κ3) is 7.85. The molecular weight excluding hydrogens is 492 g/mol. The zero-order valence-electron chi connectivity index (χ0n) is 17.1. The largest absolute Gasteiger partial charge is 0.357 e. The molecule has 0 heterocycles. The van der Waals surface area contributed by atoms with Crippen LogP contribution in [0.25, 0.3) is 0 Å². The van der Waals surface area contributed by atoms with E-state index in [1.54, 1.807) is 19.1 Å². The van der Waals surface area contributed by atoms with Crippen molar-refractivity contribution in [3.8, 4) is 0 Å². The van der Waals surface area contributed by atoms with Crippen molar-refractivity contribution in [2.24, 2.45) is 4.99 Å². The van der Waals surface area contributed by atoms with Gasteiger partial charge in [0.05, 0.1) is 12.6 Å². The van der Waals surface area contributed by atoms with Gasteiger partial charge >= 0.3 is 0 Å². The lowest BCUT2D eigenvalue weighted by Crippen LogP contribution is -2.39. The molecule has 0 saturated carbocycles. The molecule has 0 aliphatic heterocycles. The van der Waals surface area contributed by atoms with Crippen molar-refractivity contribution in [3.05, 3.63) is 70.5 Å². The van der Waals surface area contributed by atoms with E-state index in [9.17, 15) is 13.2 Å². The minimum absolute atomic E-state index is 0. The average Bonchev–Trinajstić information content (AvgIpc) is 2.61. The van der Waals surface area contributed by atoms with Crippen LogP contribution >= 0.6 is 24.0 Å². The molecule has 2 aromatic rings. The lowest BCUT2D eigenvalue weighted by atomic mass is 10.1. The van der Waals surface area contributed by atoms with E-state index in [1.165, 1.54) is 18.2 Å². The monoisotopic (exact) mass is 520 g/mol. The zero-order chi connectivity index (χ0) is 20.7. The molecule has 1 atom stereocenters. The van der Waals surface area contributed by atoms with Crippen LogP contribution in [0.1, 0.15) is 36.6 Å². The number of halogens is 4. The molecule has 2 rings (SSSR count). The first-order valence-electron chi connectivity index (χ1n) is 9.22. The highest BCUT2D eigenvalue weighted by Gasteiger charge is 2.13. The summed E-state index contributed by atoms with van der Waals surface area (Å²) in [5.74, 6) is -0.967. The van der Waals surface area contributed by atoms with Crippen molar-refractivity contribution in [2.75, 3.05) is 20.6 Å². The van der Waals surface area contributed by atoms with Gasteiger partial charge in [0.15, 0.2) is 5.96 Å². The summed E-state index contributed by atoms with van der Waals surface area (Å²) in [5, 5.41) is 6.22. The van der Waals surface area contributed by atoms with E-state index in [2.05, 4.69) is 15.6 Å². The van der Waals surface area contributed by atoms with Crippen LogP contribution in [0.5, 0.6) is 0 Å². The second-order valence-corrected chi connectivity index (χ2v) is 6.89. The first kappa shape index (κ1) is 25.2. The Morgan fingerprint density at radius 3 is 2.41 bits per heavy atom. The van der Waals surface area contributed by atoms with Crippen LogP contribution in [0.4, 0.5) is 13.2 Å². The molecule has 0 aliphatic rings. The predicted octanol–water partition coefficient (Wildman–Crippen LogP) is 4.60. The summed E-state index contributed by atoms with van der Waals surface area (Å²) in [5.41, 5.74) is 1.83. The fraction of sp³-hybridized carbons (Fsp3) is 0.381. The summed E-state index contributed by atoms with van der Waals surface area (Å²) in [4.78, 5) is 6.41. The Labute approximate surface area is 187 Å². The Bertz CT molecular complexity index is 828. The van der Waals surface area contributed by atoms with Gasteiger partial charge in [-0.2, -0.15) is 0 Å². The summed E-state index contributed by atoms with van der Waals surface area (Å²) in [6.45, 7) is 5.17. The van der Waals surface area contributed by atoms with E-state index >= 15 is 0 Å². The number of benzene rings is 2. The highest BCUT2D eigenvalue weighted by atomic mass is 127. The molecule has 0 amide bonds. The van der Waals surface area contributed by atoms with Crippen LogP contribution in [0.2, 0.25) is 0 Å². The van der Waals surface area contributed by atoms with Gasteiger partial charge < -0.3 is 15.5 Å². The zero-order valence-corrected chi connectivity index (χ0v) is 19.4. The van der Waals surface area contributed by atoms with Crippen molar-refractivity contribution in [1.29, 1.82) is 0 Å². The Balaban J connectivity index is 0.00000420. The van der Waals surface area contributed by atoms with Crippen LogP contribution in [0.15, 0.2) is 41.4 Å². The summed E-state index contributed by atoms with van der Waals surface area (Å²) in [7, 11) is 3.76. The van der Waals surface area contributed by atoms with Gasteiger partial charge in [-0.05, 0) is 51.7 Å². The highest BCUT2D eigenvalue weighted by Crippen LogP contribution is 2.18. The van der Waals surface area contributed by atoms with Gasteiger partial charge in [0.1, 0.15) is 17.5 Å². The number of aliphatic imine (C=N–C) groups is 1. The highest BCUT2D eigenvalue weighted by molar-refractivity contribution is 14.0. The Hall–Kier alpha value is -1.81. The standard InChI is InChI=1S/C21H27F3N4.HI/c1-5-25-21(27-14(2)18-8-7-17(22)11-20(18)24)26-12-15-6-9-19(23)16(10-15)13-28(3)4;/h6-11,14H,5,12-13H2,1-4H3,(H2,25,26,27);1H. The van der Waals surface area contributed by atoms with E-state index in [0.717, 1.165) is 11.6 Å². The molecule has 8 heteroatoms. The molecule has 0 saturated heterocycles. The van der Waals surface area contributed by atoms with Crippen molar-refractivity contribution < 1.29 is 13.2 Å². The van der Waals surface area contributed by atoms with Crippen molar-refractivity contribution >= 4 is 29.9 Å². The average molecular weight is 520 g/mol. The first-order valence-corrected chi connectivity index (χ1v) is 9.22. The van der Waals surface area contributed by atoms with E-state index in [1.807, 2.05) is 25.9 Å². The minimum Gasteiger partial charge on any atom is -0.357 e. The molecule has 0 aliphatic carbocycles. The van der Waals surface area contributed by atoms with Crippen LogP contribution in [0, 0.1) is 17.5 Å². The molecule has 2 N–H and O–H groups in total. The fourth-order valence-electron chi connectivity index (χ4n) is 2.81. The normalized spacial score (nSPS) is 12.5. The Kier molecular flexibility index (Phi) is 10.5. The quantitative estimate of drug-likeness (QED) is 0.319. The van der Waals surface area contributed by atoms with E-state index < -0.39 is 17.7 Å². The van der Waals surface area contributed by atoms with Gasteiger partial charge in [-0.25, -0.2) is 18.2 Å². The smallest absolute Gasteiger partial charge is 0.192 e. The van der Waals surface area contributed by atoms with Gasteiger partial charge in [-0.1, -0.05) is 12.1 Å². The molecule has 0 radical (unpaired) electrons. The number of nitrogens with zero attached hydrogens (tertiary/aromatic N) is 2. The summed E-state index contributed by atoms with van der Waals surface area (Å²) in [6.07, 6.45) is 0. The number of nitrogens with one attached hydrogen (secondary N) is 2. The van der Waals surface area contributed by atoms with E-state index in [4.69, 9.17) is 0 Å². The topological polar surface area (TPSA) is 39.7 Å². The first-order chi connectivity index (χ1) is 13.3. The van der Waals surface area contributed by atoms with Crippen molar-refractivity contribution in [1.82, 2.24) is 15.5 Å².